The molecule has 0 aliphatic carbocycles. The molecule has 1 aromatic carbocycles. The van der Waals surface area contributed by atoms with Crippen LogP contribution in [0.4, 0.5) is 0 Å². The van der Waals surface area contributed by atoms with Crippen molar-refractivity contribution < 1.29 is 17.5 Å². The summed E-state index contributed by atoms with van der Waals surface area (Å²) in [5.41, 5.74) is 7.73. The summed E-state index contributed by atoms with van der Waals surface area (Å²) in [5.74, 6) is 0.836. The van der Waals surface area contributed by atoms with Gasteiger partial charge < -0.3 is 12.4 Å². The molecule has 74 valence electrons. The van der Waals surface area contributed by atoms with E-state index in [1.165, 1.54) is 0 Å². The van der Waals surface area contributed by atoms with Gasteiger partial charge in [-0.05, 0) is 11.8 Å². The Morgan fingerprint density at radius 2 is 2.00 bits per heavy atom. The van der Waals surface area contributed by atoms with Crippen LogP contribution in [0, 0.1) is 0 Å². The minimum Gasteiger partial charge on any atom is -1.00 e. The highest BCUT2D eigenvalue weighted by Crippen LogP contribution is 2.07. The number of hydrazone groups is 1. The minimum absolute atomic E-state index is 0. The minimum atomic E-state index is 0. The smallest absolute Gasteiger partial charge is 0.327 e. The molecule has 0 atom stereocenters. The number of rotatable bonds is 1. The number of benzene rings is 1. The Kier molecular flexibility index (Phi) is 3.98. The molecule has 0 spiro atoms. The van der Waals surface area contributed by atoms with Gasteiger partial charge in [0, 0.05) is 5.56 Å². The van der Waals surface area contributed by atoms with Gasteiger partial charge in [-0.25, -0.2) is 0 Å². The maximum atomic E-state index is 5.54. The van der Waals surface area contributed by atoms with E-state index in [1.54, 1.807) is 11.8 Å². The van der Waals surface area contributed by atoms with Crippen LogP contribution >= 0.6 is 11.8 Å². The molecule has 0 aromatic heterocycles. The van der Waals surface area contributed by atoms with Crippen molar-refractivity contribution in [2.24, 2.45) is 10.8 Å². The average molecular weight is 228 g/mol. The standard InChI is InChI=1S/C9H9N3S.ClH/c10-9-12-11-8(6-13-9)7-4-2-1-3-5-7;/h1-5H,6H2,(H2,10,12);1H. The lowest BCUT2D eigenvalue weighted by Crippen LogP contribution is -3.00. The molecule has 0 bridgehead atoms. The molecule has 0 saturated carbocycles. The summed E-state index contributed by atoms with van der Waals surface area (Å²) in [6.45, 7) is 0. The second kappa shape index (κ2) is 5.02. The summed E-state index contributed by atoms with van der Waals surface area (Å²) < 4.78 is 0. The molecule has 3 nitrogen and oxygen atoms in total. The van der Waals surface area contributed by atoms with Crippen molar-refractivity contribution in [3.8, 4) is 0 Å². The van der Waals surface area contributed by atoms with Gasteiger partial charge in [-0.1, -0.05) is 35.4 Å². The van der Waals surface area contributed by atoms with Gasteiger partial charge >= 0.3 is 5.17 Å². The van der Waals surface area contributed by atoms with Crippen molar-refractivity contribution in [1.82, 2.24) is 0 Å². The number of nitrogens with two attached hydrogens (primary N) is 1. The molecule has 1 aromatic rings. The number of thioether (sulfide) groups is 1. The first-order valence-corrected chi connectivity index (χ1v) is 4.98. The second-order valence-corrected chi connectivity index (χ2v) is 3.71. The van der Waals surface area contributed by atoms with Crippen LogP contribution in [-0.2, 0) is 0 Å². The third-order valence-electron chi connectivity index (χ3n) is 1.77. The molecule has 0 amide bonds. The zero-order chi connectivity index (χ0) is 9.10. The van der Waals surface area contributed by atoms with Crippen molar-refractivity contribution in [3.05, 3.63) is 35.9 Å². The topological polar surface area (TPSA) is 52.4 Å². The fourth-order valence-corrected chi connectivity index (χ4v) is 1.75. The average Bonchev–Trinajstić information content (AvgIpc) is 2.20. The molecule has 1 heterocycles. The van der Waals surface area contributed by atoms with Crippen molar-refractivity contribution in [2.75, 3.05) is 5.75 Å². The summed E-state index contributed by atoms with van der Waals surface area (Å²) in [5, 5.41) is 7.61. The van der Waals surface area contributed by atoms with Crippen LogP contribution in [0.25, 0.3) is 0 Å². The van der Waals surface area contributed by atoms with Gasteiger partial charge in [-0.2, -0.15) is 0 Å². The van der Waals surface area contributed by atoms with E-state index in [2.05, 4.69) is 10.2 Å². The number of hydrogen-bond acceptors (Lipinski definition) is 3. The maximum Gasteiger partial charge on any atom is 0.327 e. The van der Waals surface area contributed by atoms with Gasteiger partial charge in [0.15, 0.2) is 0 Å². The van der Waals surface area contributed by atoms with E-state index in [0.717, 1.165) is 17.0 Å². The van der Waals surface area contributed by atoms with Gasteiger partial charge in [0.1, 0.15) is 5.71 Å². The third-order valence-corrected chi connectivity index (χ3v) is 2.59. The third kappa shape index (κ3) is 2.49. The lowest BCUT2D eigenvalue weighted by Gasteiger charge is -2.04. The number of amidine groups is 1. The quantitative estimate of drug-likeness (QED) is 0.524. The van der Waals surface area contributed by atoms with Crippen molar-refractivity contribution in [3.63, 3.8) is 0 Å². The summed E-state index contributed by atoms with van der Waals surface area (Å²) >= 11 is 1.57. The number of nitrogens with zero attached hydrogens (tertiary/aromatic N) is 1. The van der Waals surface area contributed by atoms with E-state index in [9.17, 15) is 0 Å². The van der Waals surface area contributed by atoms with E-state index in [1.807, 2.05) is 30.3 Å². The molecule has 5 heteroatoms. The van der Waals surface area contributed by atoms with Gasteiger partial charge in [-0.15, -0.1) is 5.10 Å². The Morgan fingerprint density at radius 1 is 1.29 bits per heavy atom. The SMILES string of the molecule is NC1=[NH+]N=C(c2ccccc2)CS1.[Cl-]. The van der Waals surface area contributed by atoms with Gasteiger partial charge in [-0.3, -0.25) is 5.73 Å². The normalized spacial score (nSPS) is 15.1. The van der Waals surface area contributed by atoms with Crippen LogP contribution in [0.1, 0.15) is 5.56 Å². The largest absolute Gasteiger partial charge is 1.00 e. The molecule has 1 aliphatic heterocycles. The lowest BCUT2D eigenvalue weighted by molar-refractivity contribution is -0.460. The van der Waals surface area contributed by atoms with E-state index in [4.69, 9.17) is 5.73 Å². The van der Waals surface area contributed by atoms with Gasteiger partial charge in [0.2, 0.25) is 0 Å². The number of halogens is 1. The van der Waals surface area contributed by atoms with Gasteiger partial charge in [0.25, 0.3) is 0 Å². The lowest BCUT2D eigenvalue weighted by atomic mass is 10.1. The first-order chi connectivity index (χ1) is 6.36. The van der Waals surface area contributed by atoms with E-state index in [0.29, 0.717) is 5.17 Å². The molecule has 2 rings (SSSR count). The summed E-state index contributed by atoms with van der Waals surface area (Å²) in [6, 6.07) is 10.1. The van der Waals surface area contributed by atoms with Crippen molar-refractivity contribution in [1.29, 1.82) is 0 Å². The maximum absolute atomic E-state index is 5.54. The predicted octanol–water partition coefficient (Wildman–Crippen LogP) is -3.46. The van der Waals surface area contributed by atoms with E-state index < -0.39 is 0 Å². The fraction of sp³-hybridized carbons (Fsp3) is 0.111. The van der Waals surface area contributed by atoms with Crippen LogP contribution in [-0.4, -0.2) is 16.6 Å². The summed E-state index contributed by atoms with van der Waals surface area (Å²) in [4.78, 5) is 0. The monoisotopic (exact) mass is 227 g/mol. The second-order valence-electron chi connectivity index (χ2n) is 2.69. The number of nitrogens with one attached hydrogen (secondary N) is 1. The highest BCUT2D eigenvalue weighted by atomic mass is 35.5. The first kappa shape index (κ1) is 11.1. The first-order valence-electron chi connectivity index (χ1n) is 3.99. The molecule has 0 radical (unpaired) electrons. The fourth-order valence-electron chi connectivity index (χ4n) is 1.11. The number of hydrogen-bond donors (Lipinski definition) is 2. The van der Waals surface area contributed by atoms with Crippen LogP contribution in [0.2, 0.25) is 0 Å². The van der Waals surface area contributed by atoms with Crippen LogP contribution < -0.4 is 23.2 Å². The zero-order valence-electron chi connectivity index (χ0n) is 7.40. The molecule has 14 heavy (non-hydrogen) atoms. The van der Waals surface area contributed by atoms with E-state index >= 15 is 0 Å². The van der Waals surface area contributed by atoms with Crippen LogP contribution in [0.3, 0.4) is 0 Å². The van der Waals surface area contributed by atoms with Crippen LogP contribution in [0.5, 0.6) is 0 Å². The van der Waals surface area contributed by atoms with Gasteiger partial charge in [0.05, 0.1) is 5.75 Å². The molecule has 0 saturated heterocycles. The molecule has 3 N–H and O–H groups in total. The summed E-state index contributed by atoms with van der Waals surface area (Å²) in [6.07, 6.45) is 0. The molecular weight excluding hydrogens is 218 g/mol. The molecule has 1 aliphatic rings. The molecule has 0 unspecified atom stereocenters. The molecule has 0 fully saturated rings. The van der Waals surface area contributed by atoms with Crippen molar-refractivity contribution in [2.45, 2.75) is 0 Å². The summed E-state index contributed by atoms with van der Waals surface area (Å²) in [7, 11) is 0. The Bertz CT molecular complexity index is 362. The van der Waals surface area contributed by atoms with E-state index in [-0.39, 0.29) is 12.4 Å². The Hall–Kier alpha value is -1.000. The molecular formula is C9H10ClN3S. The Balaban J connectivity index is 0.000000980. The highest BCUT2D eigenvalue weighted by Gasteiger charge is 2.12. The Morgan fingerprint density at radius 3 is 2.57 bits per heavy atom. The predicted molar refractivity (Wildman–Crippen MR) is 55.6 cm³/mol. The van der Waals surface area contributed by atoms with Crippen molar-refractivity contribution >= 4 is 22.6 Å². The Labute approximate surface area is 92.9 Å². The highest BCUT2D eigenvalue weighted by molar-refractivity contribution is 8.14. The zero-order valence-corrected chi connectivity index (χ0v) is 8.98. The van der Waals surface area contributed by atoms with Crippen LogP contribution in [0.15, 0.2) is 35.4 Å².